The lowest BCUT2D eigenvalue weighted by atomic mass is 10.0. The minimum Gasteiger partial charge on any atom is -0.396 e. The second-order valence-corrected chi connectivity index (χ2v) is 4.32. The molecule has 0 aromatic carbocycles. The molecule has 1 saturated heterocycles. The Bertz CT molecular complexity index is 268. The number of carbonyl (C=O) groups is 2. The summed E-state index contributed by atoms with van der Waals surface area (Å²) in [6.45, 7) is 3.05. The van der Waals surface area contributed by atoms with E-state index in [1.807, 2.05) is 6.92 Å². The molecular formula is C12H22N2O3. The van der Waals surface area contributed by atoms with Crippen molar-refractivity contribution in [1.82, 2.24) is 10.2 Å². The maximum Gasteiger partial charge on any atom is 0.242 e. The van der Waals surface area contributed by atoms with E-state index in [2.05, 4.69) is 5.32 Å². The van der Waals surface area contributed by atoms with Gasteiger partial charge in [-0.05, 0) is 25.7 Å². The normalized spacial score (nSPS) is 20.1. The van der Waals surface area contributed by atoms with Crippen molar-refractivity contribution in [3.05, 3.63) is 0 Å². The van der Waals surface area contributed by atoms with Crippen LogP contribution in [0.25, 0.3) is 0 Å². The molecule has 0 saturated carbocycles. The van der Waals surface area contributed by atoms with Gasteiger partial charge < -0.3 is 15.3 Å². The fraction of sp³-hybridized carbons (Fsp3) is 0.833. The highest BCUT2D eigenvalue weighted by atomic mass is 16.3. The van der Waals surface area contributed by atoms with Gasteiger partial charge in [-0.25, -0.2) is 0 Å². The summed E-state index contributed by atoms with van der Waals surface area (Å²) in [5.74, 6) is -0.0352. The molecule has 1 rings (SSSR count). The van der Waals surface area contributed by atoms with Crippen LogP contribution in [0.2, 0.25) is 0 Å². The van der Waals surface area contributed by atoms with Gasteiger partial charge in [0.2, 0.25) is 11.8 Å². The van der Waals surface area contributed by atoms with Gasteiger partial charge in [-0.3, -0.25) is 9.59 Å². The second-order valence-electron chi connectivity index (χ2n) is 4.32. The van der Waals surface area contributed by atoms with Gasteiger partial charge in [0, 0.05) is 26.1 Å². The summed E-state index contributed by atoms with van der Waals surface area (Å²) in [5, 5.41) is 11.4. The molecule has 17 heavy (non-hydrogen) atoms. The van der Waals surface area contributed by atoms with E-state index in [1.165, 1.54) is 0 Å². The number of piperidine rings is 1. The summed E-state index contributed by atoms with van der Waals surface area (Å²) in [6.07, 6.45) is 3.72. The molecule has 1 atom stereocenters. The zero-order valence-electron chi connectivity index (χ0n) is 10.4. The van der Waals surface area contributed by atoms with Crippen LogP contribution in [0, 0.1) is 0 Å². The zero-order chi connectivity index (χ0) is 12.7. The lowest BCUT2D eigenvalue weighted by Gasteiger charge is -2.34. The third kappa shape index (κ3) is 4.00. The predicted octanol–water partition coefficient (Wildman–Crippen LogP) is 0.276. The average molecular weight is 242 g/mol. The van der Waals surface area contributed by atoms with Crippen LogP contribution in [0.5, 0.6) is 0 Å². The van der Waals surface area contributed by atoms with Crippen molar-refractivity contribution in [3.63, 3.8) is 0 Å². The van der Waals surface area contributed by atoms with E-state index < -0.39 is 0 Å². The largest absolute Gasteiger partial charge is 0.396 e. The van der Waals surface area contributed by atoms with Crippen molar-refractivity contribution in [2.45, 2.75) is 45.1 Å². The van der Waals surface area contributed by atoms with Crippen LogP contribution in [-0.2, 0) is 9.59 Å². The number of hydrogen-bond acceptors (Lipinski definition) is 3. The monoisotopic (exact) mass is 242 g/mol. The van der Waals surface area contributed by atoms with Crippen LogP contribution in [0.3, 0.4) is 0 Å². The van der Waals surface area contributed by atoms with E-state index >= 15 is 0 Å². The topological polar surface area (TPSA) is 69.6 Å². The van der Waals surface area contributed by atoms with Crippen LogP contribution < -0.4 is 5.32 Å². The molecule has 1 fully saturated rings. The van der Waals surface area contributed by atoms with Crippen LogP contribution in [-0.4, -0.2) is 47.6 Å². The van der Waals surface area contributed by atoms with Crippen LogP contribution in [0.1, 0.15) is 39.0 Å². The minimum atomic E-state index is -0.310. The Labute approximate surface area is 102 Å². The first-order valence-electron chi connectivity index (χ1n) is 6.38. The lowest BCUT2D eigenvalue weighted by molar-refractivity contribution is -0.142. The number of likely N-dealkylation sites (tertiary alicyclic amines) is 1. The quantitative estimate of drug-likeness (QED) is 0.680. The van der Waals surface area contributed by atoms with E-state index in [4.69, 9.17) is 5.11 Å². The van der Waals surface area contributed by atoms with E-state index in [0.717, 1.165) is 19.3 Å². The Morgan fingerprint density at radius 3 is 2.82 bits per heavy atom. The van der Waals surface area contributed by atoms with Crippen LogP contribution in [0.4, 0.5) is 0 Å². The van der Waals surface area contributed by atoms with Crippen molar-refractivity contribution in [3.8, 4) is 0 Å². The SMILES string of the molecule is CCC(=O)N1CCCCC1C(=O)NCCCO. The molecule has 5 nitrogen and oxygen atoms in total. The molecule has 0 spiro atoms. The van der Waals surface area contributed by atoms with Crippen molar-refractivity contribution in [1.29, 1.82) is 0 Å². The number of rotatable bonds is 5. The summed E-state index contributed by atoms with van der Waals surface area (Å²) in [6, 6.07) is -0.310. The van der Waals surface area contributed by atoms with Gasteiger partial charge in [-0.2, -0.15) is 0 Å². The Kier molecular flexibility index (Phi) is 5.97. The lowest BCUT2D eigenvalue weighted by Crippen LogP contribution is -2.51. The Hall–Kier alpha value is -1.10. The molecule has 2 N–H and O–H groups in total. The molecular weight excluding hydrogens is 220 g/mol. The van der Waals surface area contributed by atoms with Crippen molar-refractivity contribution in [2.24, 2.45) is 0 Å². The highest BCUT2D eigenvalue weighted by Crippen LogP contribution is 2.18. The number of nitrogens with zero attached hydrogens (tertiary/aromatic N) is 1. The van der Waals surface area contributed by atoms with Crippen molar-refractivity contribution in [2.75, 3.05) is 19.7 Å². The van der Waals surface area contributed by atoms with Gasteiger partial charge in [0.15, 0.2) is 0 Å². The smallest absolute Gasteiger partial charge is 0.242 e. The van der Waals surface area contributed by atoms with Gasteiger partial charge in [-0.1, -0.05) is 6.92 Å². The maximum atomic E-state index is 11.9. The highest BCUT2D eigenvalue weighted by Gasteiger charge is 2.30. The molecule has 1 aliphatic rings. The number of nitrogens with one attached hydrogen (secondary N) is 1. The van der Waals surface area contributed by atoms with E-state index in [0.29, 0.717) is 25.9 Å². The van der Waals surface area contributed by atoms with Crippen LogP contribution >= 0.6 is 0 Å². The molecule has 98 valence electrons. The van der Waals surface area contributed by atoms with Gasteiger partial charge in [0.1, 0.15) is 6.04 Å². The van der Waals surface area contributed by atoms with Crippen molar-refractivity contribution < 1.29 is 14.7 Å². The summed E-state index contributed by atoms with van der Waals surface area (Å²) in [5.41, 5.74) is 0. The molecule has 0 aromatic heterocycles. The molecule has 2 amide bonds. The minimum absolute atomic E-state index is 0.0482. The number of amides is 2. The summed E-state index contributed by atoms with van der Waals surface area (Å²) in [4.78, 5) is 25.3. The first-order chi connectivity index (χ1) is 8.20. The second kappa shape index (κ2) is 7.27. The molecule has 0 bridgehead atoms. The average Bonchev–Trinajstić information content (AvgIpc) is 2.38. The highest BCUT2D eigenvalue weighted by molar-refractivity contribution is 5.87. The number of hydrogen-bond donors (Lipinski definition) is 2. The van der Waals surface area contributed by atoms with Gasteiger partial charge >= 0.3 is 0 Å². The molecule has 1 aliphatic heterocycles. The first-order valence-corrected chi connectivity index (χ1v) is 6.38. The molecule has 0 radical (unpaired) electrons. The Morgan fingerprint density at radius 2 is 2.18 bits per heavy atom. The fourth-order valence-electron chi connectivity index (χ4n) is 2.11. The Morgan fingerprint density at radius 1 is 1.41 bits per heavy atom. The molecule has 0 aliphatic carbocycles. The van der Waals surface area contributed by atoms with Gasteiger partial charge in [0.25, 0.3) is 0 Å². The summed E-state index contributed by atoms with van der Waals surface area (Å²) in [7, 11) is 0. The van der Waals surface area contributed by atoms with E-state index in [1.54, 1.807) is 4.90 Å². The molecule has 5 heteroatoms. The third-order valence-corrected chi connectivity index (χ3v) is 3.06. The van der Waals surface area contributed by atoms with Gasteiger partial charge in [-0.15, -0.1) is 0 Å². The zero-order valence-corrected chi connectivity index (χ0v) is 10.4. The van der Waals surface area contributed by atoms with Crippen LogP contribution in [0.15, 0.2) is 0 Å². The molecule has 1 unspecified atom stereocenters. The summed E-state index contributed by atoms with van der Waals surface area (Å²) < 4.78 is 0. The standard InChI is InChI=1S/C12H22N2O3/c1-2-11(16)14-8-4-3-6-10(14)12(17)13-7-5-9-15/h10,15H,2-9H2,1H3,(H,13,17). The third-order valence-electron chi connectivity index (χ3n) is 3.06. The molecule has 1 heterocycles. The number of carbonyl (C=O) groups excluding carboxylic acids is 2. The molecule has 0 aromatic rings. The number of aliphatic hydroxyl groups is 1. The maximum absolute atomic E-state index is 11.9. The first kappa shape index (κ1) is 14.0. The fourth-order valence-corrected chi connectivity index (χ4v) is 2.11. The summed E-state index contributed by atoms with van der Waals surface area (Å²) >= 11 is 0. The van der Waals surface area contributed by atoms with Gasteiger partial charge in [0.05, 0.1) is 0 Å². The number of aliphatic hydroxyl groups excluding tert-OH is 1. The van der Waals surface area contributed by atoms with E-state index in [9.17, 15) is 9.59 Å². The predicted molar refractivity (Wildman–Crippen MR) is 64.4 cm³/mol. The van der Waals surface area contributed by atoms with E-state index in [-0.39, 0.29) is 24.5 Å². The Balaban J connectivity index is 2.52. The van der Waals surface area contributed by atoms with Crippen molar-refractivity contribution >= 4 is 11.8 Å².